The van der Waals surface area contributed by atoms with Crippen LogP contribution in [0.25, 0.3) is 11.2 Å². The fourth-order valence-corrected chi connectivity index (χ4v) is 5.38. The van der Waals surface area contributed by atoms with E-state index in [1.807, 2.05) is 0 Å². The number of fused-ring (bicyclic) bond motifs is 1. The highest BCUT2D eigenvalue weighted by molar-refractivity contribution is 7.52. The van der Waals surface area contributed by atoms with E-state index < -0.39 is 56.5 Å². The van der Waals surface area contributed by atoms with Crippen LogP contribution in [0, 0.1) is 12.3 Å². The number of nitrogens with zero attached hydrogens (tertiary/aromatic N) is 4. The van der Waals surface area contributed by atoms with Crippen molar-refractivity contribution >= 4 is 30.7 Å². The maximum Gasteiger partial charge on any atom is 0.459 e. The number of rotatable bonds is 10. The molecule has 0 radical (unpaired) electrons. The molecule has 5 N–H and O–H groups in total. The van der Waals surface area contributed by atoms with Gasteiger partial charge in [0.15, 0.2) is 23.3 Å². The van der Waals surface area contributed by atoms with Crippen LogP contribution in [0.5, 0.6) is 5.75 Å². The number of benzene rings is 1. The standard InChI is InChI=1S/C24H29N6O8P/c1-5-24(19(32)18(31)22(37-24)30-13-28-17-20(25)26-12-27-21(17)30)11-35-39(34,38-16-9-7-6-8-10-16)29-15(4)23(33)36-14(2)3/h1,6-10,12-15,18-19,22,31-32H,11H2,2-4H3,(H,29,34)(H2,25,26,27)/t15-,18?,19+,22+,24+,39-/m0/s1. The van der Waals surface area contributed by atoms with E-state index in [1.54, 1.807) is 32.0 Å². The van der Waals surface area contributed by atoms with Crippen LogP contribution in [0.3, 0.4) is 0 Å². The molecule has 0 amide bonds. The zero-order valence-corrected chi connectivity index (χ0v) is 22.3. The summed E-state index contributed by atoms with van der Waals surface area (Å²) in [4.78, 5) is 24.5. The van der Waals surface area contributed by atoms with Gasteiger partial charge in [-0.1, -0.05) is 24.1 Å². The lowest BCUT2D eigenvalue weighted by atomic mass is 9.97. The molecule has 4 rings (SSSR count). The molecule has 15 heteroatoms. The third-order valence-electron chi connectivity index (χ3n) is 5.80. The zero-order valence-electron chi connectivity index (χ0n) is 21.4. The number of nitrogens with one attached hydrogen (secondary N) is 1. The van der Waals surface area contributed by atoms with Gasteiger partial charge in [-0.25, -0.2) is 19.5 Å². The Bertz CT molecular complexity index is 1410. The SMILES string of the molecule is C#C[C@]1(CO[P@@](=O)(N[C@@H](C)C(=O)OC(C)C)Oc2ccccc2)O[C@@H](n2cnc3c(N)ncnc32)C(O)[C@H]1O. The highest BCUT2D eigenvalue weighted by Gasteiger charge is 2.56. The van der Waals surface area contributed by atoms with Gasteiger partial charge < -0.3 is 29.9 Å². The number of imidazole rings is 1. The minimum atomic E-state index is -4.35. The minimum absolute atomic E-state index is 0.105. The molecule has 39 heavy (non-hydrogen) atoms. The summed E-state index contributed by atoms with van der Waals surface area (Å²) in [7, 11) is -4.35. The Kier molecular flexibility index (Phi) is 8.22. The first-order chi connectivity index (χ1) is 18.5. The monoisotopic (exact) mass is 560 g/mol. The van der Waals surface area contributed by atoms with Gasteiger partial charge in [-0.05, 0) is 32.9 Å². The topological polar surface area (TPSA) is 193 Å². The van der Waals surface area contributed by atoms with E-state index >= 15 is 0 Å². The van der Waals surface area contributed by atoms with Crippen molar-refractivity contribution < 1.29 is 38.1 Å². The van der Waals surface area contributed by atoms with Crippen molar-refractivity contribution in [1.29, 1.82) is 0 Å². The fourth-order valence-electron chi connectivity index (χ4n) is 3.86. The van der Waals surface area contributed by atoms with E-state index in [0.717, 1.165) is 0 Å². The lowest BCUT2D eigenvalue weighted by Gasteiger charge is -2.29. The minimum Gasteiger partial charge on any atom is -0.462 e. The Labute approximate surface area is 224 Å². The van der Waals surface area contributed by atoms with E-state index in [4.69, 9.17) is 30.7 Å². The predicted octanol–water partition coefficient (Wildman–Crippen LogP) is 1.16. The van der Waals surface area contributed by atoms with Gasteiger partial charge in [-0.15, -0.1) is 6.42 Å². The molecule has 2 aromatic heterocycles. The lowest BCUT2D eigenvalue weighted by molar-refractivity contribution is -0.149. The number of nitrogen functional groups attached to an aromatic ring is 1. The molecular weight excluding hydrogens is 531 g/mol. The molecule has 208 valence electrons. The lowest BCUT2D eigenvalue weighted by Crippen LogP contribution is -2.46. The Balaban J connectivity index is 1.59. The van der Waals surface area contributed by atoms with E-state index in [-0.39, 0.29) is 22.7 Å². The number of aromatic nitrogens is 4. The molecule has 3 heterocycles. The number of aliphatic hydroxyl groups is 2. The van der Waals surface area contributed by atoms with Crippen molar-refractivity contribution in [2.45, 2.75) is 57.0 Å². The molecular formula is C24H29N6O8P. The second-order valence-corrected chi connectivity index (χ2v) is 10.8. The summed E-state index contributed by atoms with van der Waals surface area (Å²) in [5.74, 6) is 1.88. The Hall–Kier alpha value is -3.57. The third-order valence-corrected chi connectivity index (χ3v) is 7.43. The van der Waals surface area contributed by atoms with Crippen molar-refractivity contribution in [3.8, 4) is 18.1 Å². The average molecular weight is 561 g/mol. The van der Waals surface area contributed by atoms with Crippen molar-refractivity contribution in [3.63, 3.8) is 0 Å². The number of carbonyl (C=O) groups excluding carboxylic acids is 1. The fraction of sp³-hybridized carbons (Fsp3) is 0.417. The van der Waals surface area contributed by atoms with Gasteiger partial charge in [0, 0.05) is 0 Å². The first kappa shape index (κ1) is 28.4. The number of carbonyl (C=O) groups is 1. The smallest absolute Gasteiger partial charge is 0.459 e. The second kappa shape index (κ2) is 11.3. The molecule has 1 unspecified atom stereocenters. The number of anilines is 1. The molecule has 0 spiro atoms. The summed E-state index contributed by atoms with van der Waals surface area (Å²) in [6.07, 6.45) is 3.31. The molecule has 1 aliphatic heterocycles. The molecule has 3 aromatic rings. The van der Waals surface area contributed by atoms with Crippen LogP contribution in [-0.2, 0) is 23.4 Å². The largest absolute Gasteiger partial charge is 0.462 e. The van der Waals surface area contributed by atoms with Crippen LogP contribution in [0.2, 0.25) is 0 Å². The summed E-state index contributed by atoms with van der Waals surface area (Å²) < 4.78 is 37.5. The van der Waals surface area contributed by atoms with Gasteiger partial charge in [-0.3, -0.25) is 13.9 Å². The molecule has 1 fully saturated rings. The number of terminal acetylenes is 1. The summed E-state index contributed by atoms with van der Waals surface area (Å²) in [5.41, 5.74) is 4.33. The number of para-hydroxylation sites is 1. The van der Waals surface area contributed by atoms with Gasteiger partial charge in [0.2, 0.25) is 0 Å². The van der Waals surface area contributed by atoms with Crippen LogP contribution in [0.15, 0.2) is 43.0 Å². The van der Waals surface area contributed by atoms with E-state index in [9.17, 15) is 19.6 Å². The zero-order chi connectivity index (χ0) is 28.4. The summed E-state index contributed by atoms with van der Waals surface area (Å²) >= 11 is 0. The first-order valence-electron chi connectivity index (χ1n) is 11.9. The number of hydrogen-bond donors (Lipinski definition) is 4. The molecule has 0 aliphatic carbocycles. The molecule has 14 nitrogen and oxygen atoms in total. The van der Waals surface area contributed by atoms with Gasteiger partial charge in [0.25, 0.3) is 0 Å². The average Bonchev–Trinajstić information content (AvgIpc) is 3.43. The number of nitrogens with two attached hydrogens (primary N) is 1. The molecule has 0 bridgehead atoms. The predicted molar refractivity (Wildman–Crippen MR) is 138 cm³/mol. The normalized spacial score (nSPS) is 25.2. The summed E-state index contributed by atoms with van der Waals surface area (Å²) in [5, 5.41) is 24.3. The van der Waals surface area contributed by atoms with Crippen LogP contribution in [0.1, 0.15) is 27.0 Å². The quantitative estimate of drug-likeness (QED) is 0.157. The highest BCUT2D eigenvalue weighted by atomic mass is 31.2. The van der Waals surface area contributed by atoms with E-state index in [1.165, 1.54) is 36.3 Å². The van der Waals surface area contributed by atoms with Crippen molar-refractivity contribution in [1.82, 2.24) is 24.6 Å². The van der Waals surface area contributed by atoms with Crippen LogP contribution in [-0.4, -0.2) is 72.3 Å². The molecule has 0 saturated carbocycles. The van der Waals surface area contributed by atoms with Gasteiger partial charge in [0.05, 0.1) is 12.4 Å². The highest BCUT2D eigenvalue weighted by Crippen LogP contribution is 2.48. The van der Waals surface area contributed by atoms with Crippen molar-refractivity contribution in [3.05, 3.63) is 43.0 Å². The first-order valence-corrected chi connectivity index (χ1v) is 13.4. The van der Waals surface area contributed by atoms with E-state index in [2.05, 4.69) is 26.0 Å². The van der Waals surface area contributed by atoms with Crippen LogP contribution < -0.4 is 15.3 Å². The number of hydrogen-bond acceptors (Lipinski definition) is 12. The third kappa shape index (κ3) is 5.89. The molecule has 6 atom stereocenters. The van der Waals surface area contributed by atoms with Crippen LogP contribution >= 0.6 is 7.75 Å². The van der Waals surface area contributed by atoms with Gasteiger partial charge >= 0.3 is 13.7 Å². The molecule has 1 saturated heterocycles. The van der Waals surface area contributed by atoms with Gasteiger partial charge in [-0.2, -0.15) is 5.09 Å². The Morgan fingerprint density at radius 1 is 1.28 bits per heavy atom. The van der Waals surface area contributed by atoms with E-state index in [0.29, 0.717) is 0 Å². The number of aliphatic hydroxyl groups excluding tert-OH is 2. The van der Waals surface area contributed by atoms with Crippen molar-refractivity contribution in [2.75, 3.05) is 12.3 Å². The van der Waals surface area contributed by atoms with Crippen LogP contribution in [0.4, 0.5) is 5.82 Å². The Morgan fingerprint density at radius 3 is 2.67 bits per heavy atom. The van der Waals surface area contributed by atoms with Crippen molar-refractivity contribution in [2.24, 2.45) is 0 Å². The summed E-state index contributed by atoms with van der Waals surface area (Å²) in [6.45, 7) is 4.06. The summed E-state index contributed by atoms with van der Waals surface area (Å²) in [6, 6.07) is 6.98. The Morgan fingerprint density at radius 2 is 2.00 bits per heavy atom. The van der Waals surface area contributed by atoms with Gasteiger partial charge in [0.1, 0.15) is 42.5 Å². The maximum absolute atomic E-state index is 13.8. The number of ether oxygens (including phenoxy) is 2. The maximum atomic E-state index is 13.8. The number of esters is 1. The molecule has 1 aromatic carbocycles. The second-order valence-electron chi connectivity index (χ2n) is 9.07. The molecule has 1 aliphatic rings.